The molecular weight excluding hydrogens is 1070 g/mol. The fraction of sp³-hybridized carbons (Fsp3) is 0. The van der Waals surface area contributed by atoms with Crippen molar-refractivity contribution in [3.63, 3.8) is 0 Å². The van der Waals surface area contributed by atoms with Crippen LogP contribution in [0, 0.1) is 0 Å². The molecule has 0 amide bonds. The Morgan fingerprint density at radius 2 is 0.756 bits per heavy atom. The van der Waals surface area contributed by atoms with E-state index >= 15 is 0 Å². The topological polar surface area (TPSA) is 54.5 Å². The van der Waals surface area contributed by atoms with Crippen LogP contribution in [-0.4, -0.2) is 28.4 Å². The van der Waals surface area contributed by atoms with E-state index in [-0.39, 0.29) is 28.4 Å². The first kappa shape index (κ1) is 45.7. The number of furan rings is 2. The molecule has 10 heteroatoms. The van der Waals surface area contributed by atoms with Gasteiger partial charge in [0.1, 0.15) is 5.75 Å². The number of benzene rings is 12. The molecule has 0 radical (unpaired) electrons. The number of rotatable bonds is 7. The van der Waals surface area contributed by atoms with Crippen molar-refractivity contribution in [1.82, 2.24) is 0 Å². The molecule has 18 rings (SSSR count). The fourth-order valence-corrected chi connectivity index (χ4v) is 16.1. The van der Waals surface area contributed by atoms with Gasteiger partial charge in [-0.05, 0) is 12.1 Å². The molecule has 0 unspecified atom stereocenters. The van der Waals surface area contributed by atoms with Crippen molar-refractivity contribution in [2.45, 2.75) is 0 Å². The number of anilines is 9. The van der Waals surface area contributed by atoms with E-state index in [1.165, 1.54) is 47.4 Å². The molecule has 6 heterocycles. The summed E-state index contributed by atoms with van der Waals surface area (Å²) in [5.41, 5.74) is 20.8. The molecular formula is C72H43B2N3O4Se. The number of ether oxygens (including phenoxy) is 2. The van der Waals surface area contributed by atoms with Gasteiger partial charge in [0, 0.05) is 0 Å². The van der Waals surface area contributed by atoms with Gasteiger partial charge in [0.15, 0.2) is 0 Å². The summed E-state index contributed by atoms with van der Waals surface area (Å²) >= 11 is -0.125. The predicted molar refractivity (Wildman–Crippen MR) is 339 cm³/mol. The second-order valence-corrected chi connectivity index (χ2v) is 23.7. The van der Waals surface area contributed by atoms with E-state index in [0.29, 0.717) is 5.75 Å². The zero-order chi connectivity index (χ0) is 53.6. The van der Waals surface area contributed by atoms with Crippen molar-refractivity contribution < 1.29 is 18.3 Å². The second kappa shape index (κ2) is 17.7. The molecule has 0 atom stereocenters. The molecule has 14 aromatic rings. The standard InChI is InChI=1S/C72H43B2N3O4Se/c1-6-20-44(21-7-1)75-61-43-65-58(74-56-31-17-19-33-60(56)77(46-24-10-3-11-25-46)70-68(74)66(82-65)41-54-52-37-35-50(39-64(52)81-72(54)70)79-48-28-14-5-15-29-48)42-57(61)73-55-30-16-18-32-59(55)76(45-22-8-2-9-23-45)69-67(73)62(75)40-53-51-36-34-49(38-63(51)80-71(53)69)78-47-26-12-4-13-27-47/h1-43H. The molecule has 382 valence electrons. The molecule has 0 fully saturated rings. The van der Waals surface area contributed by atoms with Gasteiger partial charge in [0.2, 0.25) is 0 Å². The van der Waals surface area contributed by atoms with E-state index in [2.05, 4.69) is 203 Å². The zero-order valence-electron chi connectivity index (χ0n) is 43.9. The Kier molecular flexibility index (Phi) is 9.87. The van der Waals surface area contributed by atoms with Crippen LogP contribution in [0.5, 0.6) is 23.0 Å². The summed E-state index contributed by atoms with van der Waals surface area (Å²) in [6.07, 6.45) is 0. The molecule has 4 aliphatic rings. The van der Waals surface area contributed by atoms with E-state index in [0.717, 1.165) is 107 Å². The van der Waals surface area contributed by atoms with Gasteiger partial charge < -0.3 is 0 Å². The molecule has 0 saturated carbocycles. The van der Waals surface area contributed by atoms with Crippen LogP contribution in [0.2, 0.25) is 0 Å². The number of hydrogen-bond acceptors (Lipinski definition) is 7. The van der Waals surface area contributed by atoms with Gasteiger partial charge in [-0.15, -0.1) is 0 Å². The molecule has 0 N–H and O–H groups in total. The van der Waals surface area contributed by atoms with E-state index in [1.54, 1.807) is 0 Å². The summed E-state index contributed by atoms with van der Waals surface area (Å²) in [6, 6.07) is 93.0. The molecule has 0 aliphatic carbocycles. The number of hydrogen-bond donors (Lipinski definition) is 0. The van der Waals surface area contributed by atoms with Crippen LogP contribution in [0.4, 0.5) is 51.2 Å². The Hall–Kier alpha value is -10.1. The van der Waals surface area contributed by atoms with Gasteiger partial charge in [-0.3, -0.25) is 0 Å². The average molecular weight is 1110 g/mol. The molecule has 4 aliphatic heterocycles. The number of para-hydroxylation sites is 7. The van der Waals surface area contributed by atoms with Crippen LogP contribution in [0.15, 0.2) is 270 Å². The molecule has 12 aromatic carbocycles. The third-order valence-electron chi connectivity index (χ3n) is 16.9. The van der Waals surface area contributed by atoms with E-state index in [9.17, 15) is 0 Å². The second-order valence-electron chi connectivity index (χ2n) is 21.4. The Balaban J connectivity index is 0.907. The van der Waals surface area contributed by atoms with Gasteiger partial charge in [-0.25, -0.2) is 0 Å². The first-order valence-corrected chi connectivity index (χ1v) is 29.5. The number of fused-ring (bicyclic) bond motifs is 16. The molecule has 0 saturated heterocycles. The summed E-state index contributed by atoms with van der Waals surface area (Å²) < 4.78 is 30.1. The van der Waals surface area contributed by atoms with Crippen molar-refractivity contribution >= 4 is 165 Å². The van der Waals surface area contributed by atoms with Crippen molar-refractivity contribution in [1.29, 1.82) is 0 Å². The summed E-state index contributed by atoms with van der Waals surface area (Å²) in [4.78, 5) is 7.44. The van der Waals surface area contributed by atoms with Crippen LogP contribution < -0.4 is 65.9 Å². The van der Waals surface area contributed by atoms with E-state index < -0.39 is 0 Å². The monoisotopic (exact) mass is 1120 g/mol. The minimum absolute atomic E-state index is 0.0949. The summed E-state index contributed by atoms with van der Waals surface area (Å²) in [6.45, 7) is -0.253. The van der Waals surface area contributed by atoms with Gasteiger partial charge in [-0.2, -0.15) is 0 Å². The third-order valence-corrected chi connectivity index (χ3v) is 19.3. The summed E-state index contributed by atoms with van der Waals surface area (Å²) in [7, 11) is 0. The molecule has 0 bridgehead atoms. The van der Waals surface area contributed by atoms with Crippen molar-refractivity contribution in [3.05, 3.63) is 261 Å². The Bertz CT molecular complexity index is 4940. The van der Waals surface area contributed by atoms with Crippen LogP contribution in [-0.2, 0) is 0 Å². The van der Waals surface area contributed by atoms with Crippen LogP contribution in [0.25, 0.3) is 43.9 Å². The van der Waals surface area contributed by atoms with Crippen molar-refractivity contribution in [2.24, 2.45) is 0 Å². The Morgan fingerprint density at radius 3 is 1.29 bits per heavy atom. The fourth-order valence-electron chi connectivity index (χ4n) is 13.6. The predicted octanol–water partition coefficient (Wildman–Crippen LogP) is 13.4. The van der Waals surface area contributed by atoms with Crippen LogP contribution in [0.1, 0.15) is 0 Å². The van der Waals surface area contributed by atoms with Gasteiger partial charge in [0.25, 0.3) is 0 Å². The SMILES string of the molecule is c1ccc(Oc2ccc3c(c2)oc2c4c5c(cc23)[Se]c2cc3c(cc2B5c2ccccc2N4c2ccccc2)B2c4ccccc4N(c4ccccc4)c4c2c(cc2c4oc4cc(Oc5ccccc5)ccc42)N3c2ccccc2)cc1. The van der Waals surface area contributed by atoms with Gasteiger partial charge in [0.05, 0.1) is 0 Å². The van der Waals surface area contributed by atoms with Gasteiger partial charge in [-0.1, -0.05) is 18.2 Å². The maximum absolute atomic E-state index is 7.30. The average Bonchev–Trinajstić information content (AvgIpc) is 3.42. The molecule has 0 spiro atoms. The Morgan fingerprint density at radius 1 is 0.305 bits per heavy atom. The Labute approximate surface area is 479 Å². The first-order valence-electron chi connectivity index (χ1n) is 27.8. The summed E-state index contributed by atoms with van der Waals surface area (Å²) in [5, 5.41) is 4.23. The quantitative estimate of drug-likeness (QED) is 0.147. The molecule has 82 heavy (non-hydrogen) atoms. The van der Waals surface area contributed by atoms with Crippen molar-refractivity contribution in [3.8, 4) is 23.0 Å². The van der Waals surface area contributed by atoms with E-state index in [4.69, 9.17) is 18.3 Å². The normalized spacial score (nSPS) is 13.4. The third kappa shape index (κ3) is 6.74. The molecule has 2 aromatic heterocycles. The van der Waals surface area contributed by atoms with Crippen LogP contribution >= 0.6 is 0 Å². The first-order chi connectivity index (χ1) is 40.7. The zero-order valence-corrected chi connectivity index (χ0v) is 45.6. The number of nitrogens with zero attached hydrogens (tertiary/aromatic N) is 3. The van der Waals surface area contributed by atoms with Crippen molar-refractivity contribution in [2.75, 3.05) is 14.7 Å². The minimum atomic E-state index is -0.158. The van der Waals surface area contributed by atoms with Gasteiger partial charge >= 0.3 is 446 Å². The summed E-state index contributed by atoms with van der Waals surface area (Å²) in [5.74, 6) is 3.00. The maximum atomic E-state index is 7.30. The van der Waals surface area contributed by atoms with E-state index in [1.807, 2.05) is 72.8 Å². The van der Waals surface area contributed by atoms with Crippen LogP contribution in [0.3, 0.4) is 0 Å². The molecule has 7 nitrogen and oxygen atoms in total.